The van der Waals surface area contributed by atoms with E-state index >= 15 is 0 Å². The maximum atomic E-state index is 11.9. The molecule has 1 N–H and O–H groups in total. The number of nitro benzene ring substituents is 1. The van der Waals surface area contributed by atoms with Crippen LogP contribution in [0.1, 0.15) is 39.2 Å². The molecule has 0 spiro atoms. The molecule has 0 aromatic heterocycles. The predicted molar refractivity (Wildman–Crippen MR) is 90.8 cm³/mol. The number of carbonyl (C=O) groups excluding carboxylic acids is 1. The first-order valence-corrected chi connectivity index (χ1v) is 8.17. The summed E-state index contributed by atoms with van der Waals surface area (Å²) in [6.07, 6.45) is 1.30. The van der Waals surface area contributed by atoms with Crippen molar-refractivity contribution in [1.29, 1.82) is 0 Å². The van der Waals surface area contributed by atoms with Gasteiger partial charge in [-0.15, -0.1) is 0 Å². The molecule has 0 aliphatic carbocycles. The first-order valence-electron chi connectivity index (χ1n) is 8.17. The monoisotopic (exact) mass is 335 g/mol. The van der Waals surface area contributed by atoms with Crippen LogP contribution < -0.4 is 5.32 Å². The molecule has 132 valence electrons. The number of rotatable bonds is 4. The van der Waals surface area contributed by atoms with E-state index in [1.807, 2.05) is 20.8 Å². The summed E-state index contributed by atoms with van der Waals surface area (Å²) in [5, 5.41) is 13.5. The van der Waals surface area contributed by atoms with Crippen LogP contribution in [0.2, 0.25) is 0 Å². The fourth-order valence-corrected chi connectivity index (χ4v) is 2.72. The Labute approximate surface area is 142 Å². The van der Waals surface area contributed by atoms with E-state index in [4.69, 9.17) is 4.74 Å². The average molecular weight is 335 g/mol. The average Bonchev–Trinajstić information content (AvgIpc) is 2.46. The molecular formula is C17H25N3O4. The number of likely N-dealkylation sites (tertiary alicyclic amines) is 1. The van der Waals surface area contributed by atoms with E-state index in [1.165, 1.54) is 12.1 Å². The zero-order valence-corrected chi connectivity index (χ0v) is 14.4. The first kappa shape index (κ1) is 18.2. The zero-order valence-electron chi connectivity index (χ0n) is 14.4. The molecule has 1 aliphatic rings. The number of ether oxygens (including phenoxy) is 1. The molecule has 1 aromatic rings. The van der Waals surface area contributed by atoms with E-state index in [2.05, 4.69) is 10.2 Å². The van der Waals surface area contributed by atoms with Crippen LogP contribution in [0.5, 0.6) is 0 Å². The third-order valence-electron chi connectivity index (χ3n) is 3.77. The molecule has 0 saturated carbocycles. The molecule has 1 saturated heterocycles. The Balaban J connectivity index is 1.86. The lowest BCUT2D eigenvalue weighted by molar-refractivity contribution is -0.384. The number of nitro groups is 1. The van der Waals surface area contributed by atoms with Crippen molar-refractivity contribution < 1.29 is 14.5 Å². The third-order valence-corrected chi connectivity index (χ3v) is 3.77. The van der Waals surface area contributed by atoms with Gasteiger partial charge in [-0.25, -0.2) is 4.79 Å². The van der Waals surface area contributed by atoms with Crippen LogP contribution in [-0.4, -0.2) is 40.6 Å². The number of hydrogen-bond acceptors (Lipinski definition) is 5. The van der Waals surface area contributed by atoms with Gasteiger partial charge in [-0.05, 0) is 45.7 Å². The smallest absolute Gasteiger partial charge is 0.407 e. The van der Waals surface area contributed by atoms with Crippen molar-refractivity contribution >= 4 is 11.8 Å². The van der Waals surface area contributed by atoms with Crippen LogP contribution in [0.4, 0.5) is 10.5 Å². The molecule has 1 atom stereocenters. The number of hydrogen-bond donors (Lipinski definition) is 1. The standard InChI is InChI=1S/C17H25N3O4/c1-17(2,3)18-16(21)24-15-5-4-10-19(12-15)11-13-6-8-14(9-7-13)20(22)23/h6-9,15H,4-5,10-12H2,1-3H3,(H,18,21)/t15-/m0/s1. The van der Waals surface area contributed by atoms with Crippen LogP contribution in [0, 0.1) is 10.1 Å². The van der Waals surface area contributed by atoms with Gasteiger partial charge in [0.05, 0.1) is 4.92 Å². The van der Waals surface area contributed by atoms with Gasteiger partial charge < -0.3 is 10.1 Å². The number of non-ortho nitro benzene ring substituents is 1. The van der Waals surface area contributed by atoms with Crippen molar-refractivity contribution in [3.05, 3.63) is 39.9 Å². The highest BCUT2D eigenvalue weighted by Gasteiger charge is 2.24. The van der Waals surface area contributed by atoms with Gasteiger partial charge in [-0.2, -0.15) is 0 Å². The molecule has 1 amide bonds. The van der Waals surface area contributed by atoms with E-state index in [0.717, 1.165) is 24.9 Å². The van der Waals surface area contributed by atoms with Crippen molar-refractivity contribution in [3.63, 3.8) is 0 Å². The highest BCUT2D eigenvalue weighted by molar-refractivity contribution is 5.68. The molecule has 0 unspecified atom stereocenters. The fourth-order valence-electron chi connectivity index (χ4n) is 2.72. The Kier molecular flexibility index (Phi) is 5.77. The summed E-state index contributed by atoms with van der Waals surface area (Å²) in [6, 6.07) is 6.58. The second-order valence-electron chi connectivity index (χ2n) is 7.20. The second-order valence-corrected chi connectivity index (χ2v) is 7.20. The topological polar surface area (TPSA) is 84.7 Å². The molecule has 1 fully saturated rings. The Morgan fingerprint density at radius 1 is 1.38 bits per heavy atom. The van der Waals surface area contributed by atoms with E-state index in [1.54, 1.807) is 12.1 Å². The van der Waals surface area contributed by atoms with Crippen molar-refractivity contribution in [2.75, 3.05) is 13.1 Å². The lowest BCUT2D eigenvalue weighted by Gasteiger charge is -2.33. The minimum Gasteiger partial charge on any atom is -0.445 e. The summed E-state index contributed by atoms with van der Waals surface area (Å²) < 4.78 is 5.50. The second kappa shape index (κ2) is 7.61. The van der Waals surface area contributed by atoms with E-state index in [0.29, 0.717) is 13.1 Å². The summed E-state index contributed by atoms with van der Waals surface area (Å²) in [5.41, 5.74) is 0.794. The largest absolute Gasteiger partial charge is 0.445 e. The van der Waals surface area contributed by atoms with E-state index < -0.39 is 4.92 Å². The number of nitrogens with zero attached hydrogens (tertiary/aromatic N) is 2. The van der Waals surface area contributed by atoms with Crippen LogP contribution in [0.15, 0.2) is 24.3 Å². The quantitative estimate of drug-likeness (QED) is 0.675. The highest BCUT2D eigenvalue weighted by atomic mass is 16.6. The van der Waals surface area contributed by atoms with Gasteiger partial charge in [0, 0.05) is 30.8 Å². The van der Waals surface area contributed by atoms with Gasteiger partial charge in [0.1, 0.15) is 6.10 Å². The first-order chi connectivity index (χ1) is 11.2. The predicted octanol–water partition coefficient (Wildman–Crippen LogP) is 3.08. The molecule has 0 radical (unpaired) electrons. The summed E-state index contributed by atoms with van der Waals surface area (Å²) in [4.78, 5) is 24.4. The van der Waals surface area contributed by atoms with E-state index in [9.17, 15) is 14.9 Å². The minimum atomic E-state index is -0.400. The number of benzene rings is 1. The zero-order chi connectivity index (χ0) is 17.7. The van der Waals surface area contributed by atoms with Gasteiger partial charge in [0.15, 0.2) is 0 Å². The summed E-state index contributed by atoms with van der Waals surface area (Å²) in [5.74, 6) is 0. The molecule has 2 rings (SSSR count). The Hall–Kier alpha value is -2.15. The van der Waals surface area contributed by atoms with Gasteiger partial charge in [-0.1, -0.05) is 12.1 Å². The molecular weight excluding hydrogens is 310 g/mol. The number of alkyl carbamates (subject to hydrolysis) is 1. The SMILES string of the molecule is CC(C)(C)NC(=O)O[C@H]1CCCN(Cc2ccc([N+](=O)[O-])cc2)C1. The maximum Gasteiger partial charge on any atom is 0.407 e. The maximum absolute atomic E-state index is 11.9. The normalized spacial score (nSPS) is 18.9. The summed E-state index contributed by atoms with van der Waals surface area (Å²) in [7, 11) is 0. The number of nitrogens with one attached hydrogen (secondary N) is 1. The van der Waals surface area contributed by atoms with Crippen molar-refractivity contribution in [3.8, 4) is 0 Å². The highest BCUT2D eigenvalue weighted by Crippen LogP contribution is 2.18. The third kappa shape index (κ3) is 5.81. The molecule has 1 aromatic carbocycles. The number of piperidine rings is 1. The van der Waals surface area contributed by atoms with Crippen molar-refractivity contribution in [2.45, 2.75) is 51.8 Å². The van der Waals surface area contributed by atoms with Crippen molar-refractivity contribution in [1.82, 2.24) is 10.2 Å². The lowest BCUT2D eigenvalue weighted by Crippen LogP contribution is -2.46. The molecule has 7 heteroatoms. The summed E-state index contributed by atoms with van der Waals surface area (Å²) in [6.45, 7) is 8.03. The molecule has 1 aliphatic heterocycles. The van der Waals surface area contributed by atoms with Crippen LogP contribution in [0.3, 0.4) is 0 Å². The van der Waals surface area contributed by atoms with Gasteiger partial charge >= 0.3 is 6.09 Å². The van der Waals surface area contributed by atoms with E-state index in [-0.39, 0.29) is 23.4 Å². The number of carbonyl (C=O) groups is 1. The van der Waals surface area contributed by atoms with Crippen molar-refractivity contribution in [2.24, 2.45) is 0 Å². The Morgan fingerprint density at radius 2 is 2.04 bits per heavy atom. The summed E-state index contributed by atoms with van der Waals surface area (Å²) >= 11 is 0. The van der Waals surface area contributed by atoms with Gasteiger partial charge in [-0.3, -0.25) is 15.0 Å². The minimum absolute atomic E-state index is 0.0949. The van der Waals surface area contributed by atoms with Crippen LogP contribution >= 0.6 is 0 Å². The van der Waals surface area contributed by atoms with Crippen LogP contribution in [-0.2, 0) is 11.3 Å². The molecule has 24 heavy (non-hydrogen) atoms. The fraction of sp³-hybridized carbons (Fsp3) is 0.588. The molecule has 7 nitrogen and oxygen atoms in total. The lowest BCUT2D eigenvalue weighted by atomic mass is 10.1. The molecule has 1 heterocycles. The van der Waals surface area contributed by atoms with Gasteiger partial charge in [0.2, 0.25) is 0 Å². The number of amides is 1. The Morgan fingerprint density at radius 3 is 2.62 bits per heavy atom. The van der Waals surface area contributed by atoms with Gasteiger partial charge in [0.25, 0.3) is 5.69 Å². The van der Waals surface area contributed by atoms with Crippen LogP contribution in [0.25, 0.3) is 0 Å². The Bertz CT molecular complexity index is 580. The molecule has 0 bridgehead atoms.